The largest absolute Gasteiger partial charge is 0.464 e. The maximum absolute atomic E-state index is 13.5. The van der Waals surface area contributed by atoms with Gasteiger partial charge in [-0.3, -0.25) is 14.9 Å². The van der Waals surface area contributed by atoms with Crippen LogP contribution in [0.25, 0.3) is 0 Å². The van der Waals surface area contributed by atoms with Crippen molar-refractivity contribution in [1.82, 2.24) is 4.98 Å². The number of carbonyl (C=O) groups is 2. The first-order valence-electron chi connectivity index (χ1n) is 12.1. The Morgan fingerprint density at radius 1 is 1.28 bits per heavy atom. The van der Waals surface area contributed by atoms with Crippen LogP contribution in [0.5, 0.6) is 0 Å². The van der Waals surface area contributed by atoms with Gasteiger partial charge in [0.05, 0.1) is 29.3 Å². The molecule has 2 aliphatic heterocycles. The molecule has 5 atom stereocenters. The minimum absolute atomic E-state index is 0.0525. The summed E-state index contributed by atoms with van der Waals surface area (Å²) in [7, 11) is 0. The molecule has 208 valence electrons. The van der Waals surface area contributed by atoms with Crippen LogP contribution in [0.2, 0.25) is 0 Å². The Morgan fingerprint density at radius 2 is 2.00 bits per heavy atom. The van der Waals surface area contributed by atoms with Crippen molar-refractivity contribution in [3.63, 3.8) is 0 Å². The lowest BCUT2D eigenvalue weighted by Crippen LogP contribution is -2.54. The molecule has 0 bridgehead atoms. The van der Waals surface area contributed by atoms with Crippen molar-refractivity contribution in [3.05, 3.63) is 56.5 Å². The highest BCUT2D eigenvalue weighted by atomic mass is 32.1. The summed E-state index contributed by atoms with van der Waals surface area (Å²) < 4.78 is 35.1. The average Bonchev–Trinajstić information content (AvgIpc) is 3.58. The fourth-order valence-electron chi connectivity index (χ4n) is 4.65. The first-order chi connectivity index (χ1) is 18.5. The van der Waals surface area contributed by atoms with E-state index in [1.807, 2.05) is 0 Å². The Hall–Kier alpha value is -3.41. The highest BCUT2D eigenvalue weighted by molar-refractivity contribution is 7.07. The molecule has 0 saturated carbocycles. The van der Waals surface area contributed by atoms with Gasteiger partial charge in [0.1, 0.15) is 6.10 Å². The van der Waals surface area contributed by atoms with E-state index in [-0.39, 0.29) is 31.0 Å². The zero-order chi connectivity index (χ0) is 28.4. The second-order valence-corrected chi connectivity index (χ2v) is 10.1. The Morgan fingerprint density at radius 3 is 2.56 bits per heavy atom. The summed E-state index contributed by atoms with van der Waals surface area (Å²) in [5, 5.41) is 12.8. The summed E-state index contributed by atoms with van der Waals surface area (Å²) >= 11 is 1.24. The smallest absolute Gasteiger partial charge is 0.345 e. The van der Waals surface area contributed by atoms with Crippen LogP contribution in [0.3, 0.4) is 0 Å². The number of rotatable bonds is 10. The molecule has 4 rings (SSSR count). The lowest BCUT2D eigenvalue weighted by Gasteiger charge is -2.36. The monoisotopic (exact) mass is 560 g/mol. The third kappa shape index (κ3) is 5.52. The number of aromatic nitrogens is 1. The summed E-state index contributed by atoms with van der Waals surface area (Å²) in [6, 6.07) is 5.70. The van der Waals surface area contributed by atoms with Crippen molar-refractivity contribution in [1.29, 1.82) is 0 Å². The van der Waals surface area contributed by atoms with Crippen molar-refractivity contribution in [3.8, 4) is 12.3 Å². The number of non-ortho nitro benzene ring substituents is 1. The number of hydrogen-bond donors (Lipinski definition) is 0. The normalized spacial score (nSPS) is 26.7. The van der Waals surface area contributed by atoms with Gasteiger partial charge in [-0.2, -0.15) is 0 Å². The van der Waals surface area contributed by atoms with Gasteiger partial charge in [-0.25, -0.2) is 9.78 Å². The van der Waals surface area contributed by atoms with Crippen molar-refractivity contribution < 1.29 is 42.9 Å². The number of benzene rings is 1. The maximum Gasteiger partial charge on any atom is 0.345 e. The number of hydrogen-bond acceptors (Lipinski definition) is 12. The van der Waals surface area contributed by atoms with E-state index in [1.165, 1.54) is 48.0 Å². The van der Waals surface area contributed by atoms with Crippen LogP contribution in [0, 0.1) is 22.5 Å². The molecule has 2 fully saturated rings. The second kappa shape index (κ2) is 11.0. The Labute approximate surface area is 228 Å². The summed E-state index contributed by atoms with van der Waals surface area (Å²) in [6.45, 7) is 5.91. The summed E-state index contributed by atoms with van der Waals surface area (Å²) in [5.74, 6) is 0.0612. The van der Waals surface area contributed by atoms with Crippen LogP contribution in [-0.2, 0) is 50.0 Å². The van der Waals surface area contributed by atoms with Gasteiger partial charge in [-0.05, 0) is 26.3 Å². The first kappa shape index (κ1) is 28.6. The molecular weight excluding hydrogens is 532 g/mol. The maximum atomic E-state index is 13.5. The highest BCUT2D eigenvalue weighted by Gasteiger charge is 2.66. The van der Waals surface area contributed by atoms with Gasteiger partial charge < -0.3 is 28.4 Å². The van der Waals surface area contributed by atoms with Crippen molar-refractivity contribution >= 4 is 29.0 Å². The fraction of sp³-hybridized carbons (Fsp3) is 0.500. The molecule has 39 heavy (non-hydrogen) atoms. The van der Waals surface area contributed by atoms with Gasteiger partial charge in [0, 0.05) is 30.9 Å². The van der Waals surface area contributed by atoms with E-state index in [0.29, 0.717) is 5.56 Å². The van der Waals surface area contributed by atoms with Crippen LogP contribution in [0.1, 0.15) is 39.0 Å². The van der Waals surface area contributed by atoms with Gasteiger partial charge in [0.25, 0.3) is 5.69 Å². The molecular formula is C26H28N2O10S. The van der Waals surface area contributed by atoms with Crippen LogP contribution < -0.4 is 0 Å². The number of nitrogens with zero attached hydrogens (tertiary/aromatic N) is 2. The zero-order valence-corrected chi connectivity index (χ0v) is 22.6. The molecule has 2 aliphatic rings. The number of carbonyl (C=O) groups excluding carboxylic acids is 2. The van der Waals surface area contributed by atoms with Gasteiger partial charge in [0.2, 0.25) is 11.2 Å². The van der Waals surface area contributed by atoms with E-state index in [9.17, 15) is 19.7 Å². The van der Waals surface area contributed by atoms with E-state index < -0.39 is 52.3 Å². The van der Waals surface area contributed by atoms with Gasteiger partial charge in [-0.15, -0.1) is 17.8 Å². The molecule has 1 unspecified atom stereocenters. The summed E-state index contributed by atoms with van der Waals surface area (Å²) in [6.07, 6.45) is 2.80. The lowest BCUT2D eigenvalue weighted by molar-refractivity contribution is -0.384. The quantitative estimate of drug-likeness (QED) is 0.183. The van der Waals surface area contributed by atoms with Gasteiger partial charge in [0.15, 0.2) is 18.2 Å². The molecule has 3 heterocycles. The number of terminal acetylenes is 1. The third-order valence-electron chi connectivity index (χ3n) is 6.33. The minimum Gasteiger partial charge on any atom is -0.464 e. The molecule has 12 nitrogen and oxygen atoms in total. The molecule has 1 aromatic heterocycles. The van der Waals surface area contributed by atoms with Crippen molar-refractivity contribution in [2.45, 2.75) is 69.6 Å². The zero-order valence-electron chi connectivity index (χ0n) is 21.8. The molecule has 1 aromatic carbocycles. The number of nitro benzene ring substituents is 1. The van der Waals surface area contributed by atoms with Crippen LogP contribution in [-0.4, -0.2) is 64.9 Å². The third-order valence-corrected chi connectivity index (χ3v) is 6.91. The molecule has 2 aromatic rings. The molecule has 0 spiro atoms. The van der Waals surface area contributed by atoms with Crippen LogP contribution in [0.4, 0.5) is 5.69 Å². The number of ether oxygens (including phenoxy) is 6. The van der Waals surface area contributed by atoms with E-state index >= 15 is 0 Å². The van der Waals surface area contributed by atoms with Gasteiger partial charge in [-0.1, -0.05) is 18.1 Å². The Bertz CT molecular complexity index is 1260. The number of fused-ring (bicyclic) bond motifs is 1. The SMILES string of the molecule is C#C[C@@]1(OC(C)=O)[C@@H](COC(Cc2ccc([N+](=O)[O-])cc2)(C(=O)OCC)c2cscn2)O[C@@H]2OC(C)(C)O[C@@H]21. The average molecular weight is 561 g/mol. The number of esters is 2. The van der Waals surface area contributed by atoms with Crippen molar-refractivity contribution in [2.75, 3.05) is 13.2 Å². The molecule has 0 aliphatic carbocycles. The lowest BCUT2D eigenvalue weighted by atomic mass is 9.90. The molecule has 0 N–H and O–H groups in total. The standard InChI is InChI=1S/C26H28N2O10S/c1-6-25(36-16(3)29)20(35-22-21(25)37-24(4,5)38-22)13-34-26(23(30)33-7-2,19-14-39-15-27-19)12-17-8-10-18(11-9-17)28(31)32/h1,8-11,14-15,20-22H,7,12-13H2,2-5H3/t20-,21+,22-,25-,26?/m1/s1. The van der Waals surface area contributed by atoms with Crippen molar-refractivity contribution in [2.24, 2.45) is 0 Å². The van der Waals surface area contributed by atoms with E-state index in [1.54, 1.807) is 26.2 Å². The van der Waals surface area contributed by atoms with E-state index in [4.69, 9.17) is 34.8 Å². The topological polar surface area (TPSA) is 146 Å². The second-order valence-electron chi connectivity index (χ2n) is 9.41. The molecule has 0 radical (unpaired) electrons. The summed E-state index contributed by atoms with van der Waals surface area (Å²) in [5.41, 5.74) is -1.28. The summed E-state index contributed by atoms with van der Waals surface area (Å²) in [4.78, 5) is 40.6. The van der Waals surface area contributed by atoms with Crippen LogP contribution >= 0.6 is 11.3 Å². The number of thiazole rings is 1. The van der Waals surface area contributed by atoms with Crippen LogP contribution in [0.15, 0.2) is 35.2 Å². The van der Waals surface area contributed by atoms with E-state index in [2.05, 4.69) is 10.9 Å². The van der Waals surface area contributed by atoms with E-state index in [0.717, 1.165) is 0 Å². The fourth-order valence-corrected chi connectivity index (χ4v) is 5.26. The minimum atomic E-state index is -1.79. The molecule has 2 saturated heterocycles. The molecule has 0 amide bonds. The highest BCUT2D eigenvalue weighted by Crippen LogP contribution is 2.46. The predicted octanol–water partition coefficient (Wildman–Crippen LogP) is 2.88. The van der Waals surface area contributed by atoms with Gasteiger partial charge >= 0.3 is 11.9 Å². The Balaban J connectivity index is 1.71. The first-order valence-corrected chi connectivity index (χ1v) is 13.0. The Kier molecular flexibility index (Phi) is 8.06. The number of nitro groups is 1. The predicted molar refractivity (Wildman–Crippen MR) is 135 cm³/mol. The molecule has 13 heteroatoms.